The summed E-state index contributed by atoms with van der Waals surface area (Å²) in [5.74, 6) is 0.374. The number of carbonyl (C=O) groups is 1. The molecule has 0 aliphatic carbocycles. The lowest BCUT2D eigenvalue weighted by Gasteiger charge is -2.26. The Hall–Kier alpha value is -2.67. The van der Waals surface area contributed by atoms with Crippen molar-refractivity contribution in [3.63, 3.8) is 0 Å². The van der Waals surface area contributed by atoms with Gasteiger partial charge < -0.3 is 20.7 Å². The van der Waals surface area contributed by atoms with Crippen LogP contribution >= 0.6 is 0 Å². The van der Waals surface area contributed by atoms with E-state index in [4.69, 9.17) is 10.5 Å². The van der Waals surface area contributed by atoms with E-state index in [1.165, 1.54) is 6.20 Å². The highest BCUT2D eigenvalue weighted by Gasteiger charge is 2.17. The number of carbonyl (C=O) groups excluding carboxylic acids is 1. The van der Waals surface area contributed by atoms with Crippen LogP contribution in [0.25, 0.3) is 0 Å². The van der Waals surface area contributed by atoms with Gasteiger partial charge in [0.2, 0.25) is 5.95 Å². The molecule has 0 unspecified atom stereocenters. The number of nitrogens with zero attached hydrogens (tertiary/aromatic N) is 3. The van der Waals surface area contributed by atoms with Crippen LogP contribution in [0.1, 0.15) is 10.4 Å². The van der Waals surface area contributed by atoms with Gasteiger partial charge in [-0.2, -0.15) is 4.98 Å². The van der Waals surface area contributed by atoms with Crippen LogP contribution in [-0.2, 0) is 4.74 Å². The maximum Gasteiger partial charge on any atom is 0.260 e. The summed E-state index contributed by atoms with van der Waals surface area (Å²) in [6.07, 6.45) is 1.46. The van der Waals surface area contributed by atoms with Gasteiger partial charge in [0.1, 0.15) is 11.4 Å². The minimum atomic E-state index is -0.322. The van der Waals surface area contributed by atoms with Gasteiger partial charge in [-0.15, -0.1) is 0 Å². The molecule has 22 heavy (non-hydrogen) atoms. The second-order valence-electron chi connectivity index (χ2n) is 4.89. The average molecular weight is 299 g/mol. The molecular weight excluding hydrogens is 282 g/mol. The molecule has 0 spiro atoms. The fourth-order valence-electron chi connectivity index (χ4n) is 2.20. The predicted molar refractivity (Wildman–Crippen MR) is 83.9 cm³/mol. The summed E-state index contributed by atoms with van der Waals surface area (Å²) in [5.41, 5.74) is 6.88. The number of nitrogen functional groups attached to an aromatic ring is 1. The number of hydrogen-bond acceptors (Lipinski definition) is 6. The molecule has 1 aromatic heterocycles. The summed E-state index contributed by atoms with van der Waals surface area (Å²) in [6, 6.07) is 9.17. The maximum atomic E-state index is 12.2. The normalized spacial score (nSPS) is 14.6. The van der Waals surface area contributed by atoms with E-state index in [0.29, 0.717) is 24.8 Å². The van der Waals surface area contributed by atoms with Crippen molar-refractivity contribution in [3.8, 4) is 0 Å². The molecule has 0 saturated carbocycles. The first-order valence-electron chi connectivity index (χ1n) is 7.05. The number of benzene rings is 1. The predicted octanol–water partition coefficient (Wildman–Crippen LogP) is 1.15. The van der Waals surface area contributed by atoms with E-state index in [2.05, 4.69) is 15.3 Å². The molecule has 0 radical (unpaired) electrons. The van der Waals surface area contributed by atoms with Gasteiger partial charge in [0.25, 0.3) is 5.91 Å². The van der Waals surface area contributed by atoms with E-state index in [1.54, 1.807) is 12.1 Å². The van der Waals surface area contributed by atoms with E-state index in [1.807, 2.05) is 23.1 Å². The standard InChI is InChI=1S/C15H17N5O2/c16-13-12(14(21)18-11-4-2-1-3-5-11)10-17-15(19-13)20-6-8-22-9-7-20/h1-5,10H,6-9H2,(H,18,21)(H2,16,17,19). The number of ether oxygens (including phenoxy) is 1. The molecule has 1 amide bonds. The van der Waals surface area contributed by atoms with E-state index in [0.717, 1.165) is 13.1 Å². The van der Waals surface area contributed by atoms with Crippen LogP contribution in [-0.4, -0.2) is 42.2 Å². The summed E-state index contributed by atoms with van der Waals surface area (Å²) in [6.45, 7) is 2.71. The Balaban J connectivity index is 1.75. The number of rotatable bonds is 3. The number of anilines is 3. The SMILES string of the molecule is Nc1nc(N2CCOCC2)ncc1C(=O)Nc1ccccc1. The zero-order valence-electron chi connectivity index (χ0n) is 12.0. The quantitative estimate of drug-likeness (QED) is 0.883. The Morgan fingerprint density at radius 1 is 1.23 bits per heavy atom. The molecule has 3 rings (SSSR count). The molecule has 1 aromatic carbocycles. The van der Waals surface area contributed by atoms with E-state index >= 15 is 0 Å². The van der Waals surface area contributed by atoms with Crippen molar-refractivity contribution >= 4 is 23.4 Å². The largest absolute Gasteiger partial charge is 0.383 e. The number of aromatic nitrogens is 2. The van der Waals surface area contributed by atoms with Gasteiger partial charge in [-0.3, -0.25) is 4.79 Å². The molecule has 1 aliphatic heterocycles. The number of amides is 1. The van der Waals surface area contributed by atoms with Crippen molar-refractivity contribution in [1.82, 2.24) is 9.97 Å². The monoisotopic (exact) mass is 299 g/mol. The molecule has 7 heteroatoms. The third-order valence-electron chi connectivity index (χ3n) is 3.38. The molecule has 2 heterocycles. The first kappa shape index (κ1) is 14.3. The summed E-state index contributed by atoms with van der Waals surface area (Å²) in [5, 5.41) is 2.77. The summed E-state index contributed by atoms with van der Waals surface area (Å²) in [7, 11) is 0. The number of hydrogen-bond donors (Lipinski definition) is 2. The molecule has 1 saturated heterocycles. The smallest absolute Gasteiger partial charge is 0.260 e. The minimum Gasteiger partial charge on any atom is -0.383 e. The van der Waals surface area contributed by atoms with Crippen LogP contribution in [0.4, 0.5) is 17.5 Å². The van der Waals surface area contributed by atoms with Gasteiger partial charge in [-0.25, -0.2) is 4.98 Å². The summed E-state index contributed by atoms with van der Waals surface area (Å²) in [4.78, 5) is 22.7. The third kappa shape index (κ3) is 3.15. The first-order valence-corrected chi connectivity index (χ1v) is 7.05. The average Bonchev–Trinajstić information content (AvgIpc) is 2.56. The number of para-hydroxylation sites is 1. The summed E-state index contributed by atoms with van der Waals surface area (Å²) >= 11 is 0. The molecule has 0 atom stereocenters. The Bertz CT molecular complexity index is 656. The van der Waals surface area contributed by atoms with Crippen LogP contribution in [0.5, 0.6) is 0 Å². The van der Waals surface area contributed by atoms with Gasteiger partial charge in [0.15, 0.2) is 0 Å². The van der Waals surface area contributed by atoms with Gasteiger partial charge in [0, 0.05) is 25.0 Å². The first-order chi connectivity index (χ1) is 10.7. The molecule has 3 N–H and O–H groups in total. The highest BCUT2D eigenvalue weighted by Crippen LogP contribution is 2.16. The Kier molecular flexibility index (Phi) is 4.15. The highest BCUT2D eigenvalue weighted by atomic mass is 16.5. The lowest BCUT2D eigenvalue weighted by molar-refractivity contribution is 0.102. The third-order valence-corrected chi connectivity index (χ3v) is 3.38. The van der Waals surface area contributed by atoms with Gasteiger partial charge >= 0.3 is 0 Å². The van der Waals surface area contributed by atoms with E-state index in [-0.39, 0.29) is 17.3 Å². The van der Waals surface area contributed by atoms with E-state index < -0.39 is 0 Å². The van der Waals surface area contributed by atoms with Gasteiger partial charge in [-0.1, -0.05) is 18.2 Å². The molecule has 2 aromatic rings. The topological polar surface area (TPSA) is 93.4 Å². The number of morpholine rings is 1. The van der Waals surface area contributed by atoms with E-state index in [9.17, 15) is 4.79 Å². The van der Waals surface area contributed by atoms with Crippen molar-refractivity contribution in [3.05, 3.63) is 42.1 Å². The van der Waals surface area contributed by atoms with Crippen LogP contribution in [0, 0.1) is 0 Å². The Labute approximate surface area is 128 Å². The van der Waals surface area contributed by atoms with Crippen LogP contribution in [0.15, 0.2) is 36.5 Å². The van der Waals surface area contributed by atoms with Crippen LogP contribution in [0.2, 0.25) is 0 Å². The fourth-order valence-corrected chi connectivity index (χ4v) is 2.20. The molecular formula is C15H17N5O2. The lowest BCUT2D eigenvalue weighted by atomic mass is 10.2. The van der Waals surface area contributed by atoms with Crippen molar-refractivity contribution in [2.24, 2.45) is 0 Å². The maximum absolute atomic E-state index is 12.2. The number of nitrogens with two attached hydrogens (primary N) is 1. The Morgan fingerprint density at radius 2 is 1.95 bits per heavy atom. The fraction of sp³-hybridized carbons (Fsp3) is 0.267. The van der Waals surface area contributed by atoms with Gasteiger partial charge in [0.05, 0.1) is 13.2 Å². The zero-order valence-corrected chi connectivity index (χ0v) is 12.0. The number of nitrogens with one attached hydrogen (secondary N) is 1. The van der Waals surface area contributed by atoms with Crippen LogP contribution in [0.3, 0.4) is 0 Å². The second-order valence-corrected chi connectivity index (χ2v) is 4.89. The van der Waals surface area contributed by atoms with Crippen LogP contribution < -0.4 is 16.0 Å². The van der Waals surface area contributed by atoms with Crippen molar-refractivity contribution in [2.75, 3.05) is 42.3 Å². The van der Waals surface area contributed by atoms with Crippen molar-refractivity contribution < 1.29 is 9.53 Å². The molecule has 1 aliphatic rings. The minimum absolute atomic E-state index is 0.171. The highest BCUT2D eigenvalue weighted by molar-refractivity contribution is 6.07. The molecule has 0 bridgehead atoms. The van der Waals surface area contributed by atoms with Crippen molar-refractivity contribution in [2.45, 2.75) is 0 Å². The Morgan fingerprint density at radius 3 is 2.64 bits per heavy atom. The van der Waals surface area contributed by atoms with Gasteiger partial charge in [-0.05, 0) is 12.1 Å². The second kappa shape index (κ2) is 6.40. The molecule has 1 fully saturated rings. The molecule has 114 valence electrons. The summed E-state index contributed by atoms with van der Waals surface area (Å²) < 4.78 is 5.29. The molecule has 7 nitrogen and oxygen atoms in total. The zero-order chi connectivity index (χ0) is 15.4. The lowest BCUT2D eigenvalue weighted by Crippen LogP contribution is -2.37. The van der Waals surface area contributed by atoms with Crippen molar-refractivity contribution in [1.29, 1.82) is 0 Å².